The number of carboxylic acids is 1. The summed E-state index contributed by atoms with van der Waals surface area (Å²) in [5.74, 6) is -0.766. The van der Waals surface area contributed by atoms with Crippen LogP contribution in [0.15, 0.2) is 30.5 Å². The third-order valence-electron chi connectivity index (χ3n) is 3.86. The predicted molar refractivity (Wildman–Crippen MR) is 73.7 cm³/mol. The minimum Gasteiger partial charge on any atom is -0.478 e. The van der Waals surface area contributed by atoms with Crippen LogP contribution in [0.4, 0.5) is 0 Å². The van der Waals surface area contributed by atoms with Gasteiger partial charge in [0.1, 0.15) is 0 Å². The van der Waals surface area contributed by atoms with Crippen LogP contribution in [-0.4, -0.2) is 35.0 Å². The van der Waals surface area contributed by atoms with Crippen molar-refractivity contribution < 1.29 is 14.7 Å². The fourth-order valence-corrected chi connectivity index (χ4v) is 2.84. The lowest BCUT2D eigenvalue weighted by Crippen LogP contribution is -2.36. The van der Waals surface area contributed by atoms with Crippen LogP contribution in [0.5, 0.6) is 0 Å². The summed E-state index contributed by atoms with van der Waals surface area (Å²) in [5.41, 5.74) is 1.94. The molecule has 2 heterocycles. The molecule has 104 valence electrons. The lowest BCUT2D eigenvalue weighted by atomic mass is 9.92. The van der Waals surface area contributed by atoms with Gasteiger partial charge in [-0.05, 0) is 17.5 Å². The number of aliphatic carboxylic acids is 1. The zero-order chi connectivity index (χ0) is 14.1. The molecular weight excluding hydrogens is 256 g/mol. The molecule has 0 spiro atoms. The Morgan fingerprint density at radius 1 is 1.40 bits per heavy atom. The Balaban J connectivity index is 1.88. The van der Waals surface area contributed by atoms with E-state index in [-0.39, 0.29) is 17.5 Å². The van der Waals surface area contributed by atoms with Crippen LogP contribution in [0.2, 0.25) is 0 Å². The third-order valence-corrected chi connectivity index (χ3v) is 3.86. The molecule has 0 aliphatic carbocycles. The molecule has 1 unspecified atom stereocenters. The van der Waals surface area contributed by atoms with Gasteiger partial charge in [0.15, 0.2) is 0 Å². The van der Waals surface area contributed by atoms with Gasteiger partial charge in [-0.25, -0.2) is 4.79 Å². The van der Waals surface area contributed by atoms with Gasteiger partial charge in [0.2, 0.25) is 5.91 Å². The number of amides is 1. The smallest absolute Gasteiger partial charge is 0.337 e. The largest absolute Gasteiger partial charge is 0.478 e. The number of likely N-dealkylation sites (tertiary alicyclic amines) is 1. The number of carboxylic acid groups (broad SMARTS) is 1. The van der Waals surface area contributed by atoms with Crippen LogP contribution in [-0.2, 0) is 9.59 Å². The van der Waals surface area contributed by atoms with Gasteiger partial charge in [-0.1, -0.05) is 24.3 Å². The van der Waals surface area contributed by atoms with E-state index in [1.165, 1.54) is 6.20 Å². The van der Waals surface area contributed by atoms with Crippen molar-refractivity contribution in [3.63, 3.8) is 0 Å². The molecule has 1 aromatic carbocycles. The number of carbonyl (C=O) groups is 2. The molecule has 2 aliphatic rings. The summed E-state index contributed by atoms with van der Waals surface area (Å²) in [6.07, 6.45) is 3.06. The number of carbonyl (C=O) groups excluding carboxylic acids is 1. The highest BCUT2D eigenvalue weighted by molar-refractivity contribution is 6.16. The second kappa shape index (κ2) is 5.00. The average molecular weight is 272 g/mol. The standard InChI is InChI=1S/C15H16N2O3/c18-14-6-3-7-17(14)9-13-11-5-2-1-4-10(11)12(8-16-13)15(19)20/h1-2,4-5,8,13,16H,3,6-7,9H2,(H,19,20). The monoisotopic (exact) mass is 272 g/mol. The van der Waals surface area contributed by atoms with E-state index in [9.17, 15) is 14.7 Å². The molecule has 1 atom stereocenters. The van der Waals surface area contributed by atoms with Crippen molar-refractivity contribution in [2.45, 2.75) is 18.9 Å². The molecule has 2 N–H and O–H groups in total. The first-order valence-electron chi connectivity index (χ1n) is 6.73. The van der Waals surface area contributed by atoms with E-state index in [2.05, 4.69) is 5.32 Å². The highest BCUT2D eigenvalue weighted by Gasteiger charge is 2.28. The molecule has 0 radical (unpaired) electrons. The number of rotatable bonds is 3. The van der Waals surface area contributed by atoms with Gasteiger partial charge in [-0.2, -0.15) is 0 Å². The van der Waals surface area contributed by atoms with E-state index in [1.807, 2.05) is 29.2 Å². The van der Waals surface area contributed by atoms with E-state index >= 15 is 0 Å². The van der Waals surface area contributed by atoms with Gasteiger partial charge in [-0.3, -0.25) is 4.79 Å². The van der Waals surface area contributed by atoms with Crippen molar-refractivity contribution in [3.8, 4) is 0 Å². The molecular formula is C15H16N2O3. The summed E-state index contributed by atoms with van der Waals surface area (Å²) < 4.78 is 0. The molecule has 3 rings (SSSR count). The van der Waals surface area contributed by atoms with Crippen LogP contribution in [0.3, 0.4) is 0 Å². The van der Waals surface area contributed by atoms with Crippen molar-refractivity contribution >= 4 is 17.4 Å². The summed E-state index contributed by atoms with van der Waals surface area (Å²) in [7, 11) is 0. The highest BCUT2D eigenvalue weighted by atomic mass is 16.4. The minimum atomic E-state index is -0.944. The van der Waals surface area contributed by atoms with Crippen LogP contribution in [0, 0.1) is 0 Å². The molecule has 0 saturated carbocycles. The maximum absolute atomic E-state index is 11.7. The van der Waals surface area contributed by atoms with Crippen LogP contribution < -0.4 is 5.32 Å². The fourth-order valence-electron chi connectivity index (χ4n) is 2.84. The van der Waals surface area contributed by atoms with Crippen molar-refractivity contribution in [1.82, 2.24) is 10.2 Å². The second-order valence-electron chi connectivity index (χ2n) is 5.11. The van der Waals surface area contributed by atoms with Gasteiger partial charge < -0.3 is 15.3 Å². The lowest BCUT2D eigenvalue weighted by Gasteiger charge is -2.29. The van der Waals surface area contributed by atoms with Crippen molar-refractivity contribution in [3.05, 3.63) is 41.6 Å². The molecule has 0 aromatic heterocycles. The quantitative estimate of drug-likeness (QED) is 0.872. The first-order chi connectivity index (χ1) is 9.66. The second-order valence-corrected chi connectivity index (χ2v) is 5.11. The molecule has 20 heavy (non-hydrogen) atoms. The summed E-state index contributed by atoms with van der Waals surface area (Å²) in [4.78, 5) is 24.8. The van der Waals surface area contributed by atoms with E-state index in [1.54, 1.807) is 0 Å². The van der Waals surface area contributed by atoms with Crippen LogP contribution >= 0.6 is 0 Å². The number of hydrogen-bond donors (Lipinski definition) is 2. The number of nitrogens with one attached hydrogen (secondary N) is 1. The summed E-state index contributed by atoms with van der Waals surface area (Å²) in [6, 6.07) is 7.41. The van der Waals surface area contributed by atoms with Crippen molar-refractivity contribution in [2.75, 3.05) is 13.1 Å². The Hall–Kier alpha value is -2.30. The van der Waals surface area contributed by atoms with Crippen molar-refractivity contribution in [1.29, 1.82) is 0 Å². The van der Waals surface area contributed by atoms with Gasteiger partial charge in [0, 0.05) is 25.7 Å². The SMILES string of the molecule is O=C(O)C1=CNC(CN2CCCC2=O)c2ccccc21. The molecule has 1 saturated heterocycles. The first-order valence-corrected chi connectivity index (χ1v) is 6.73. The fraction of sp³-hybridized carbons (Fsp3) is 0.333. The minimum absolute atomic E-state index is 0.0450. The topological polar surface area (TPSA) is 69.6 Å². The Bertz CT molecular complexity index is 595. The summed E-state index contributed by atoms with van der Waals surface area (Å²) >= 11 is 0. The summed E-state index contributed by atoms with van der Waals surface area (Å²) in [5, 5.41) is 12.3. The Morgan fingerprint density at radius 2 is 2.20 bits per heavy atom. The zero-order valence-corrected chi connectivity index (χ0v) is 11.0. The molecule has 5 nitrogen and oxygen atoms in total. The molecule has 1 amide bonds. The molecule has 1 aromatic rings. The Morgan fingerprint density at radius 3 is 2.90 bits per heavy atom. The van der Waals surface area contributed by atoms with Crippen molar-refractivity contribution in [2.24, 2.45) is 0 Å². The number of fused-ring (bicyclic) bond motifs is 1. The molecule has 0 bridgehead atoms. The van der Waals surface area contributed by atoms with Gasteiger partial charge in [0.05, 0.1) is 11.6 Å². The number of nitrogens with zero attached hydrogens (tertiary/aromatic N) is 1. The third kappa shape index (κ3) is 2.15. The van der Waals surface area contributed by atoms with Crippen LogP contribution in [0.1, 0.15) is 30.0 Å². The van der Waals surface area contributed by atoms with E-state index in [4.69, 9.17) is 0 Å². The van der Waals surface area contributed by atoms with Crippen LogP contribution in [0.25, 0.3) is 5.57 Å². The van der Waals surface area contributed by atoms with Gasteiger partial charge in [0.25, 0.3) is 0 Å². The highest BCUT2D eigenvalue weighted by Crippen LogP contribution is 2.30. The van der Waals surface area contributed by atoms with Gasteiger partial charge >= 0.3 is 5.97 Å². The Labute approximate surface area is 116 Å². The predicted octanol–water partition coefficient (Wildman–Crippen LogP) is 1.38. The molecule has 1 fully saturated rings. The lowest BCUT2D eigenvalue weighted by molar-refractivity contribution is -0.130. The molecule has 5 heteroatoms. The first kappa shape index (κ1) is 12.7. The van der Waals surface area contributed by atoms with E-state index in [0.29, 0.717) is 13.0 Å². The van der Waals surface area contributed by atoms with E-state index in [0.717, 1.165) is 24.1 Å². The summed E-state index contributed by atoms with van der Waals surface area (Å²) in [6.45, 7) is 1.37. The Kier molecular flexibility index (Phi) is 3.18. The molecule has 2 aliphatic heterocycles. The zero-order valence-electron chi connectivity index (χ0n) is 11.0. The van der Waals surface area contributed by atoms with Gasteiger partial charge in [-0.15, -0.1) is 0 Å². The average Bonchev–Trinajstić information content (AvgIpc) is 2.84. The van der Waals surface area contributed by atoms with E-state index < -0.39 is 5.97 Å². The number of benzene rings is 1. The number of hydrogen-bond acceptors (Lipinski definition) is 3. The maximum atomic E-state index is 11.7. The normalized spacial score (nSPS) is 21.2. The maximum Gasteiger partial charge on any atom is 0.337 e.